The van der Waals surface area contributed by atoms with E-state index in [0.717, 1.165) is 17.4 Å². The number of halogens is 3. The van der Waals surface area contributed by atoms with Gasteiger partial charge in [0.15, 0.2) is 5.16 Å². The molecule has 2 rings (SSSR count). The van der Waals surface area contributed by atoms with Crippen LogP contribution in [-0.2, 0) is 4.79 Å². The molecule has 0 unspecified atom stereocenters. The Morgan fingerprint density at radius 2 is 2.04 bits per heavy atom. The second kappa shape index (κ2) is 7.40. The zero-order chi connectivity index (χ0) is 16.9. The Bertz CT molecular complexity index is 656. The van der Waals surface area contributed by atoms with Gasteiger partial charge in [0.25, 0.3) is 0 Å². The van der Waals surface area contributed by atoms with Gasteiger partial charge < -0.3 is 10.1 Å². The third kappa shape index (κ3) is 5.20. The third-order valence-corrected chi connectivity index (χ3v) is 3.74. The lowest BCUT2D eigenvalue weighted by Gasteiger charge is -2.09. The summed E-state index contributed by atoms with van der Waals surface area (Å²) in [6, 6.07) is 7.18. The summed E-state index contributed by atoms with van der Waals surface area (Å²) in [5.41, 5.74) is 0.807. The van der Waals surface area contributed by atoms with Crippen molar-refractivity contribution in [2.24, 2.45) is 0 Å². The summed E-state index contributed by atoms with van der Waals surface area (Å²) in [5, 5.41) is 2.33. The number of aromatic nitrogens is 2. The van der Waals surface area contributed by atoms with Crippen LogP contribution in [0.1, 0.15) is 0 Å². The number of imidazole rings is 1. The summed E-state index contributed by atoms with van der Waals surface area (Å²) in [4.78, 5) is 15.5. The first-order valence-electron chi connectivity index (χ1n) is 6.53. The summed E-state index contributed by atoms with van der Waals surface area (Å²) in [7, 11) is 1.56. The fraction of sp³-hybridized carbons (Fsp3) is 0.286. The molecule has 0 atom stereocenters. The molecule has 0 fully saturated rings. The standard InChI is InChI=1S/C14H14F3N3O2S/c1-22-11-4-2-10(3-5-11)20-7-6-18-13(20)23-8-12(21)19-9-14(15,16)17/h2-7H,8-9H2,1H3,(H,19,21). The Kier molecular flexibility index (Phi) is 5.54. The molecule has 0 saturated carbocycles. The fourth-order valence-electron chi connectivity index (χ4n) is 1.72. The summed E-state index contributed by atoms with van der Waals surface area (Å²) in [6.45, 7) is -1.33. The number of carbonyl (C=O) groups excluding carboxylic acids is 1. The van der Waals surface area contributed by atoms with Crippen molar-refractivity contribution >= 4 is 17.7 Å². The number of ether oxygens (including phenoxy) is 1. The van der Waals surface area contributed by atoms with Crippen LogP contribution in [0.5, 0.6) is 5.75 Å². The van der Waals surface area contributed by atoms with Crippen LogP contribution in [-0.4, -0.2) is 41.0 Å². The van der Waals surface area contributed by atoms with Gasteiger partial charge in [-0.3, -0.25) is 9.36 Å². The van der Waals surface area contributed by atoms with Crippen molar-refractivity contribution < 1.29 is 22.7 Å². The molecule has 5 nitrogen and oxygen atoms in total. The van der Waals surface area contributed by atoms with Crippen LogP contribution in [0.4, 0.5) is 13.2 Å². The van der Waals surface area contributed by atoms with Crippen molar-refractivity contribution in [3.8, 4) is 11.4 Å². The monoisotopic (exact) mass is 345 g/mol. The SMILES string of the molecule is COc1ccc(-n2ccnc2SCC(=O)NCC(F)(F)F)cc1. The molecular formula is C14H14F3N3O2S. The Labute approximate surface area is 134 Å². The number of methoxy groups -OCH3 is 1. The molecule has 0 saturated heterocycles. The Balaban J connectivity index is 1.97. The fourth-order valence-corrected chi connectivity index (χ4v) is 2.52. The number of benzene rings is 1. The van der Waals surface area contributed by atoms with Gasteiger partial charge in [0.1, 0.15) is 12.3 Å². The number of carbonyl (C=O) groups is 1. The van der Waals surface area contributed by atoms with E-state index in [1.807, 2.05) is 17.4 Å². The van der Waals surface area contributed by atoms with E-state index < -0.39 is 18.6 Å². The van der Waals surface area contributed by atoms with Gasteiger partial charge in [-0.25, -0.2) is 4.98 Å². The minimum absolute atomic E-state index is 0.150. The summed E-state index contributed by atoms with van der Waals surface area (Å²) in [6.07, 6.45) is -1.15. The molecule has 1 N–H and O–H groups in total. The predicted molar refractivity (Wildman–Crippen MR) is 79.9 cm³/mol. The quantitative estimate of drug-likeness (QED) is 0.818. The van der Waals surface area contributed by atoms with Gasteiger partial charge in [-0.05, 0) is 24.3 Å². The van der Waals surface area contributed by atoms with Gasteiger partial charge >= 0.3 is 6.18 Å². The summed E-state index contributed by atoms with van der Waals surface area (Å²) < 4.78 is 42.9. The largest absolute Gasteiger partial charge is 0.497 e. The molecule has 0 spiro atoms. The lowest BCUT2D eigenvalue weighted by molar-refractivity contribution is -0.136. The Morgan fingerprint density at radius 1 is 1.35 bits per heavy atom. The highest BCUT2D eigenvalue weighted by Gasteiger charge is 2.27. The topological polar surface area (TPSA) is 56.2 Å². The van der Waals surface area contributed by atoms with Crippen molar-refractivity contribution in [3.05, 3.63) is 36.7 Å². The van der Waals surface area contributed by atoms with Crippen molar-refractivity contribution in [2.45, 2.75) is 11.3 Å². The number of nitrogens with zero attached hydrogens (tertiary/aromatic N) is 2. The second-order valence-corrected chi connectivity index (χ2v) is 5.40. The van der Waals surface area contributed by atoms with Crippen LogP contribution in [0.15, 0.2) is 41.8 Å². The van der Waals surface area contributed by atoms with Crippen LogP contribution in [0.25, 0.3) is 5.69 Å². The van der Waals surface area contributed by atoms with Crippen LogP contribution in [0, 0.1) is 0 Å². The predicted octanol–water partition coefficient (Wildman–Crippen LogP) is 2.65. The first-order chi connectivity index (χ1) is 10.9. The van der Waals surface area contributed by atoms with Gasteiger partial charge in [-0.2, -0.15) is 13.2 Å². The summed E-state index contributed by atoms with van der Waals surface area (Å²) in [5.74, 6) is -0.144. The van der Waals surface area contributed by atoms with E-state index in [1.165, 1.54) is 0 Å². The van der Waals surface area contributed by atoms with E-state index >= 15 is 0 Å². The average molecular weight is 345 g/mol. The van der Waals surface area contributed by atoms with E-state index in [4.69, 9.17) is 4.74 Å². The number of alkyl halides is 3. The molecule has 0 radical (unpaired) electrons. The minimum atomic E-state index is -4.41. The molecule has 9 heteroatoms. The minimum Gasteiger partial charge on any atom is -0.497 e. The van der Waals surface area contributed by atoms with Gasteiger partial charge in [0.05, 0.1) is 12.9 Å². The Morgan fingerprint density at radius 3 is 2.65 bits per heavy atom. The molecule has 1 aromatic heterocycles. The smallest absolute Gasteiger partial charge is 0.405 e. The Hall–Kier alpha value is -2.16. The lowest BCUT2D eigenvalue weighted by atomic mass is 10.3. The van der Waals surface area contributed by atoms with Crippen molar-refractivity contribution in [3.63, 3.8) is 0 Å². The van der Waals surface area contributed by atoms with Crippen molar-refractivity contribution in [2.75, 3.05) is 19.4 Å². The van der Waals surface area contributed by atoms with Crippen LogP contribution >= 0.6 is 11.8 Å². The highest BCUT2D eigenvalue weighted by atomic mass is 32.2. The first-order valence-corrected chi connectivity index (χ1v) is 7.51. The summed E-state index contributed by atoms with van der Waals surface area (Å²) >= 11 is 1.06. The zero-order valence-electron chi connectivity index (χ0n) is 12.1. The average Bonchev–Trinajstić information content (AvgIpc) is 2.99. The highest BCUT2D eigenvalue weighted by Crippen LogP contribution is 2.22. The normalized spacial score (nSPS) is 11.3. The maximum atomic E-state index is 12.0. The molecule has 1 aromatic carbocycles. The van der Waals surface area contributed by atoms with E-state index in [1.54, 1.807) is 36.2 Å². The van der Waals surface area contributed by atoms with Gasteiger partial charge in [0, 0.05) is 18.1 Å². The second-order valence-electron chi connectivity index (χ2n) is 4.46. The number of amides is 1. The van der Waals surface area contributed by atoms with Gasteiger partial charge in [-0.15, -0.1) is 0 Å². The van der Waals surface area contributed by atoms with Crippen molar-refractivity contribution in [1.29, 1.82) is 0 Å². The lowest BCUT2D eigenvalue weighted by Crippen LogP contribution is -2.34. The van der Waals surface area contributed by atoms with Crippen molar-refractivity contribution in [1.82, 2.24) is 14.9 Å². The molecule has 0 aliphatic heterocycles. The van der Waals surface area contributed by atoms with Gasteiger partial charge in [-0.1, -0.05) is 11.8 Å². The number of nitrogens with one attached hydrogen (secondary N) is 1. The van der Waals surface area contributed by atoms with Crippen LogP contribution in [0.3, 0.4) is 0 Å². The van der Waals surface area contributed by atoms with E-state index in [-0.39, 0.29) is 5.75 Å². The van der Waals surface area contributed by atoms with Crippen LogP contribution in [0.2, 0.25) is 0 Å². The maximum Gasteiger partial charge on any atom is 0.405 e. The number of thioether (sulfide) groups is 1. The maximum absolute atomic E-state index is 12.0. The highest BCUT2D eigenvalue weighted by molar-refractivity contribution is 7.99. The molecule has 0 bridgehead atoms. The zero-order valence-corrected chi connectivity index (χ0v) is 12.9. The van der Waals surface area contributed by atoms with E-state index in [9.17, 15) is 18.0 Å². The molecule has 1 heterocycles. The molecule has 2 aromatic rings. The molecule has 0 aliphatic rings. The van der Waals surface area contributed by atoms with E-state index in [0.29, 0.717) is 10.9 Å². The molecule has 124 valence electrons. The first kappa shape index (κ1) is 17.2. The molecular weight excluding hydrogens is 331 g/mol. The number of rotatable bonds is 6. The third-order valence-electron chi connectivity index (χ3n) is 2.78. The van der Waals surface area contributed by atoms with Crippen LogP contribution < -0.4 is 10.1 Å². The number of hydrogen-bond acceptors (Lipinski definition) is 4. The van der Waals surface area contributed by atoms with E-state index in [2.05, 4.69) is 4.98 Å². The number of hydrogen-bond donors (Lipinski definition) is 1. The van der Waals surface area contributed by atoms with Gasteiger partial charge in [0.2, 0.25) is 5.91 Å². The molecule has 0 aliphatic carbocycles. The molecule has 23 heavy (non-hydrogen) atoms. The molecule has 1 amide bonds.